The van der Waals surface area contributed by atoms with E-state index in [0.717, 1.165) is 5.69 Å². The summed E-state index contributed by atoms with van der Waals surface area (Å²) in [7, 11) is 0. The fourth-order valence-corrected chi connectivity index (χ4v) is 8.62. The number of amides is 6. The number of allylic oxidation sites excluding steroid dienone is 2. The molecule has 0 radical (unpaired) electrons. The number of ketones is 3. The van der Waals surface area contributed by atoms with Crippen LogP contribution in [0.1, 0.15) is 148 Å². The number of carbonyl (C=O) groups is 9. The first-order chi connectivity index (χ1) is 31.4. The number of aromatic nitrogens is 2. The number of ether oxygens (including phenoxy) is 2. The molecule has 4 heterocycles. The Hall–Kier alpha value is -5.83. The highest BCUT2D eigenvalue weighted by Crippen LogP contribution is 2.31. The largest absolute Gasteiger partial charge is 0.443 e. The molecule has 4 rings (SSSR count). The van der Waals surface area contributed by atoms with Crippen LogP contribution in [0, 0.1) is 0 Å². The second-order valence-electron chi connectivity index (χ2n) is 20.0. The predicted molar refractivity (Wildman–Crippen MR) is 254 cm³/mol. The normalized spacial score (nSPS) is 17.8. The lowest BCUT2D eigenvalue weighted by Gasteiger charge is -2.28. The molecule has 0 unspecified atom stereocenters. The SMILES string of the molecule is C[C@H]1CC/C(=C\C(=O)NC(C)(C)C(=O)CC(=O)NCC(=O)c2csc(CCc3csc(CNC(=O)CC(=O)C(C)(C)NC(=O)/C=C4\CC[C@H](C)N4C(=O)OC(C)(C)C)n3)n2)N1C(=O)OC(C)(C)C. The van der Waals surface area contributed by atoms with E-state index in [0.29, 0.717) is 59.9 Å². The number of hydrogen-bond acceptors (Lipinski definition) is 15. The average Bonchev–Trinajstić information content (AvgIpc) is 4.01. The van der Waals surface area contributed by atoms with Crippen molar-refractivity contribution < 1.29 is 52.6 Å². The monoisotopic (exact) mass is 982 g/mol. The molecule has 2 aliphatic rings. The van der Waals surface area contributed by atoms with Gasteiger partial charge in [0.25, 0.3) is 0 Å². The van der Waals surface area contributed by atoms with Crippen LogP contribution in [0.4, 0.5) is 9.59 Å². The van der Waals surface area contributed by atoms with Crippen molar-refractivity contribution in [2.75, 3.05) is 6.54 Å². The van der Waals surface area contributed by atoms with Crippen LogP contribution in [0.5, 0.6) is 0 Å². The highest BCUT2D eigenvalue weighted by Gasteiger charge is 2.37. The number of Topliss-reactive ketones (excluding diaryl/α,β-unsaturated/α-hetero) is 3. The zero-order valence-corrected chi connectivity index (χ0v) is 42.8. The molecule has 2 atom stereocenters. The van der Waals surface area contributed by atoms with Gasteiger partial charge in [-0.1, -0.05) is 0 Å². The molecule has 68 heavy (non-hydrogen) atoms. The summed E-state index contributed by atoms with van der Waals surface area (Å²) in [5.41, 5.74) is -2.40. The van der Waals surface area contributed by atoms with Gasteiger partial charge >= 0.3 is 12.2 Å². The Balaban J connectivity index is 1.17. The van der Waals surface area contributed by atoms with E-state index in [9.17, 15) is 43.2 Å². The fourth-order valence-electron chi connectivity index (χ4n) is 7.05. The molecule has 0 aromatic carbocycles. The predicted octanol–water partition coefficient (Wildman–Crippen LogP) is 5.61. The van der Waals surface area contributed by atoms with Gasteiger partial charge in [-0.15, -0.1) is 22.7 Å². The fraction of sp³-hybridized carbons (Fsp3) is 0.596. The molecule has 2 saturated heterocycles. The van der Waals surface area contributed by atoms with E-state index in [1.807, 2.05) is 19.2 Å². The Labute approximate surface area is 405 Å². The first-order valence-corrected chi connectivity index (χ1v) is 24.3. The summed E-state index contributed by atoms with van der Waals surface area (Å²) in [6.45, 7) is 19.9. The highest BCUT2D eigenvalue weighted by molar-refractivity contribution is 7.10. The number of carbonyl (C=O) groups excluding carboxylic acids is 9. The Morgan fingerprint density at radius 1 is 0.647 bits per heavy atom. The van der Waals surface area contributed by atoms with Gasteiger partial charge in [-0.2, -0.15) is 0 Å². The molecule has 21 heteroatoms. The van der Waals surface area contributed by atoms with Crippen LogP contribution in [-0.2, 0) is 57.6 Å². The minimum Gasteiger partial charge on any atom is -0.443 e. The molecule has 4 N–H and O–H groups in total. The maximum absolute atomic E-state index is 13.1. The van der Waals surface area contributed by atoms with Gasteiger partial charge in [0.15, 0.2) is 11.6 Å². The molecular weight excluding hydrogens is 917 g/mol. The minimum absolute atomic E-state index is 0.0848. The van der Waals surface area contributed by atoms with Gasteiger partial charge in [-0.25, -0.2) is 19.6 Å². The van der Waals surface area contributed by atoms with E-state index in [-0.39, 0.29) is 30.9 Å². The molecule has 0 bridgehead atoms. The van der Waals surface area contributed by atoms with Crippen LogP contribution >= 0.6 is 22.7 Å². The van der Waals surface area contributed by atoms with Crippen molar-refractivity contribution in [3.05, 3.63) is 55.7 Å². The van der Waals surface area contributed by atoms with Crippen molar-refractivity contribution in [2.24, 2.45) is 0 Å². The third kappa shape index (κ3) is 16.4. The molecule has 0 saturated carbocycles. The summed E-state index contributed by atoms with van der Waals surface area (Å²) < 4.78 is 11.0. The summed E-state index contributed by atoms with van der Waals surface area (Å²) in [6, 6.07) is -0.336. The molecule has 2 aromatic rings. The zero-order valence-electron chi connectivity index (χ0n) is 41.1. The van der Waals surface area contributed by atoms with Crippen LogP contribution < -0.4 is 21.3 Å². The van der Waals surface area contributed by atoms with Crippen LogP contribution in [0.3, 0.4) is 0 Å². The van der Waals surface area contributed by atoms with E-state index < -0.39 is 88.3 Å². The van der Waals surface area contributed by atoms with Crippen molar-refractivity contribution in [3.8, 4) is 0 Å². The maximum Gasteiger partial charge on any atom is 0.414 e. The number of hydrogen-bond donors (Lipinski definition) is 4. The highest BCUT2D eigenvalue weighted by atomic mass is 32.1. The van der Waals surface area contributed by atoms with E-state index in [2.05, 4.69) is 31.2 Å². The van der Waals surface area contributed by atoms with E-state index in [1.165, 1.54) is 72.3 Å². The molecule has 2 aliphatic heterocycles. The second-order valence-corrected chi connectivity index (χ2v) is 21.9. The Morgan fingerprint density at radius 2 is 1.10 bits per heavy atom. The van der Waals surface area contributed by atoms with Crippen LogP contribution in [0.25, 0.3) is 0 Å². The third-order valence-electron chi connectivity index (χ3n) is 10.7. The van der Waals surface area contributed by atoms with Crippen LogP contribution in [0.2, 0.25) is 0 Å². The molecular formula is C47H66N8O11S2. The summed E-state index contributed by atoms with van der Waals surface area (Å²) in [5, 5.41) is 15.1. The van der Waals surface area contributed by atoms with Gasteiger partial charge in [0.2, 0.25) is 29.4 Å². The zero-order chi connectivity index (χ0) is 50.9. The van der Waals surface area contributed by atoms with Gasteiger partial charge in [0.05, 0.1) is 47.7 Å². The summed E-state index contributed by atoms with van der Waals surface area (Å²) in [6.07, 6.45) is 3.58. The standard InChI is InChI=1S/C47H66N8O11S2/c1-27-13-16-30(54(27)42(63)65-44(3,4)5)19-38(61)52-46(9,10)34(57)21-36(59)48-23-33(56)32-26-68-40(51-32)18-15-29-25-67-41(50-29)24-49-37(60)22-35(58)47(11,12)53-39(62)20-31-17-14-28(2)55(31)43(64)66-45(6,7)8/h19-20,25-28H,13-18,21-24H2,1-12H3,(H,48,59)(H,49,60)(H,52,61)(H,53,62)/b30-19+,31-20+/t27-,28-/m0/s1. The minimum atomic E-state index is -1.43. The summed E-state index contributed by atoms with van der Waals surface area (Å²) in [5.74, 6) is -3.96. The molecule has 0 aliphatic carbocycles. The average molecular weight is 983 g/mol. The smallest absolute Gasteiger partial charge is 0.414 e. The van der Waals surface area contributed by atoms with Gasteiger partial charge in [0.1, 0.15) is 21.9 Å². The topological polar surface area (TPSA) is 252 Å². The van der Waals surface area contributed by atoms with E-state index >= 15 is 0 Å². The first kappa shape index (κ1) is 54.8. The van der Waals surface area contributed by atoms with E-state index in [4.69, 9.17) is 9.47 Å². The van der Waals surface area contributed by atoms with Crippen molar-refractivity contribution >= 4 is 75.8 Å². The molecule has 2 aromatic heterocycles. The lowest BCUT2D eigenvalue weighted by molar-refractivity contribution is -0.134. The summed E-state index contributed by atoms with van der Waals surface area (Å²) in [4.78, 5) is 128. The number of nitrogens with one attached hydrogen (secondary N) is 4. The Kier molecular flexibility index (Phi) is 18.1. The number of rotatable bonds is 18. The maximum atomic E-state index is 13.1. The van der Waals surface area contributed by atoms with Gasteiger partial charge in [-0.05, 0) is 115 Å². The lowest BCUT2D eigenvalue weighted by atomic mass is 9.96. The molecule has 0 spiro atoms. The Morgan fingerprint density at radius 3 is 1.57 bits per heavy atom. The molecule has 6 amide bonds. The molecule has 372 valence electrons. The Bertz CT molecular complexity index is 2330. The van der Waals surface area contributed by atoms with Gasteiger partial charge < -0.3 is 30.7 Å². The third-order valence-corrected chi connectivity index (χ3v) is 12.5. The van der Waals surface area contributed by atoms with Crippen molar-refractivity contribution in [3.63, 3.8) is 0 Å². The number of thiazole rings is 2. The number of aryl methyl sites for hydroxylation is 2. The van der Waals surface area contributed by atoms with E-state index in [1.54, 1.807) is 46.9 Å². The van der Waals surface area contributed by atoms with Crippen LogP contribution in [0.15, 0.2) is 34.3 Å². The van der Waals surface area contributed by atoms with Crippen molar-refractivity contribution in [1.29, 1.82) is 0 Å². The van der Waals surface area contributed by atoms with Crippen molar-refractivity contribution in [1.82, 2.24) is 41.0 Å². The molecule has 19 nitrogen and oxygen atoms in total. The summed E-state index contributed by atoms with van der Waals surface area (Å²) >= 11 is 2.60. The molecule has 2 fully saturated rings. The second kappa shape index (κ2) is 22.5. The van der Waals surface area contributed by atoms with Crippen LogP contribution in [-0.4, -0.2) is 114 Å². The quantitative estimate of drug-likeness (QED) is 0.0806. The van der Waals surface area contributed by atoms with Crippen molar-refractivity contribution in [2.45, 2.75) is 175 Å². The van der Waals surface area contributed by atoms with Gasteiger partial charge in [-0.3, -0.25) is 43.4 Å². The number of likely N-dealkylation sites (tertiary alicyclic amines) is 2. The first-order valence-electron chi connectivity index (χ1n) is 22.5. The number of nitrogens with zero attached hydrogens (tertiary/aromatic N) is 4. The lowest BCUT2D eigenvalue weighted by Crippen LogP contribution is -2.50. The van der Waals surface area contributed by atoms with Gasteiger partial charge in [0, 0.05) is 52.8 Å².